The van der Waals surface area contributed by atoms with Gasteiger partial charge in [0.25, 0.3) is 11.8 Å². The molecule has 0 bridgehead atoms. The van der Waals surface area contributed by atoms with E-state index in [9.17, 15) is 9.59 Å². The smallest absolute Gasteiger partial charge is 0.268 e. The normalized spacial score (nSPS) is 14.9. The van der Waals surface area contributed by atoms with Gasteiger partial charge in [0, 0.05) is 57.3 Å². The van der Waals surface area contributed by atoms with Crippen molar-refractivity contribution in [1.82, 2.24) is 29.1 Å². The molecule has 1 fully saturated rings. The SMILES string of the molecule is CCN1CCC(N(C)C(=O)c2cn3nccc(Cc4ccn5c(C(=O)NC)c(C)cc5c4)c3c2C)CC1. The first-order chi connectivity index (χ1) is 17.8. The van der Waals surface area contributed by atoms with Crippen LogP contribution in [0.5, 0.6) is 0 Å². The minimum atomic E-state index is -0.0945. The van der Waals surface area contributed by atoms with Crippen LogP contribution in [0.15, 0.2) is 42.9 Å². The van der Waals surface area contributed by atoms with E-state index in [4.69, 9.17) is 0 Å². The van der Waals surface area contributed by atoms with Crippen LogP contribution in [-0.4, -0.2) is 75.4 Å². The van der Waals surface area contributed by atoms with Gasteiger partial charge in [0.2, 0.25) is 0 Å². The molecule has 0 radical (unpaired) electrons. The second-order valence-electron chi connectivity index (χ2n) is 10.2. The Morgan fingerprint density at radius 2 is 1.92 bits per heavy atom. The van der Waals surface area contributed by atoms with Gasteiger partial charge in [-0.3, -0.25) is 9.59 Å². The molecule has 8 heteroatoms. The fourth-order valence-electron chi connectivity index (χ4n) is 5.77. The van der Waals surface area contributed by atoms with Crippen LogP contribution in [0.25, 0.3) is 11.0 Å². The maximum absolute atomic E-state index is 13.6. The zero-order valence-electron chi connectivity index (χ0n) is 22.4. The predicted molar refractivity (Wildman–Crippen MR) is 145 cm³/mol. The average molecular weight is 501 g/mol. The predicted octanol–water partition coefficient (Wildman–Crippen LogP) is 3.71. The van der Waals surface area contributed by atoms with Crippen molar-refractivity contribution in [1.29, 1.82) is 0 Å². The quantitative estimate of drug-likeness (QED) is 0.438. The second-order valence-corrected chi connectivity index (χ2v) is 10.2. The molecule has 194 valence electrons. The molecule has 37 heavy (non-hydrogen) atoms. The number of amides is 2. The van der Waals surface area contributed by atoms with Crippen LogP contribution in [-0.2, 0) is 6.42 Å². The lowest BCUT2D eigenvalue weighted by Gasteiger charge is -2.36. The van der Waals surface area contributed by atoms with Gasteiger partial charge in [-0.05, 0) is 86.2 Å². The number of nitrogens with zero attached hydrogens (tertiary/aromatic N) is 5. The number of rotatable bonds is 6. The van der Waals surface area contributed by atoms with Gasteiger partial charge in [-0.15, -0.1) is 0 Å². The topological polar surface area (TPSA) is 74.4 Å². The van der Waals surface area contributed by atoms with E-state index in [1.807, 2.05) is 59.2 Å². The Kier molecular flexibility index (Phi) is 6.77. The van der Waals surface area contributed by atoms with E-state index >= 15 is 0 Å². The lowest BCUT2D eigenvalue weighted by atomic mass is 10.0. The summed E-state index contributed by atoms with van der Waals surface area (Å²) in [7, 11) is 3.59. The molecule has 0 aromatic carbocycles. The molecule has 0 spiro atoms. The Morgan fingerprint density at radius 1 is 1.16 bits per heavy atom. The number of hydrogen-bond donors (Lipinski definition) is 1. The first-order valence-electron chi connectivity index (χ1n) is 13.1. The minimum absolute atomic E-state index is 0.0655. The van der Waals surface area contributed by atoms with Gasteiger partial charge >= 0.3 is 0 Å². The molecule has 2 amide bonds. The van der Waals surface area contributed by atoms with E-state index in [1.54, 1.807) is 13.2 Å². The third-order valence-corrected chi connectivity index (χ3v) is 7.98. The Balaban J connectivity index is 1.43. The third-order valence-electron chi connectivity index (χ3n) is 7.98. The fraction of sp³-hybridized carbons (Fsp3) is 0.414. The van der Waals surface area contributed by atoms with E-state index < -0.39 is 0 Å². The van der Waals surface area contributed by atoms with Crippen LogP contribution in [0.1, 0.15) is 62.9 Å². The van der Waals surface area contributed by atoms with Gasteiger partial charge in [0.15, 0.2) is 0 Å². The molecule has 1 aliphatic rings. The highest BCUT2D eigenvalue weighted by Crippen LogP contribution is 2.26. The van der Waals surface area contributed by atoms with Crippen LogP contribution in [0.3, 0.4) is 0 Å². The molecule has 1 aliphatic heterocycles. The highest BCUT2D eigenvalue weighted by Gasteiger charge is 2.28. The minimum Gasteiger partial charge on any atom is -0.354 e. The van der Waals surface area contributed by atoms with Crippen molar-refractivity contribution < 1.29 is 9.59 Å². The number of aryl methyl sites for hydroxylation is 2. The number of hydrogen-bond acceptors (Lipinski definition) is 4. The summed E-state index contributed by atoms with van der Waals surface area (Å²) in [5.41, 5.74) is 7.50. The molecular weight excluding hydrogens is 464 g/mol. The molecule has 0 atom stereocenters. The standard InChI is InChI=1S/C29H36N6O2/c1-6-33-12-9-23(10-13-33)32(5)29(37)25-18-35-27(20(25)3)22(7-11-31-35)16-21-8-14-34-24(17-21)15-19(2)26(34)28(36)30-4/h7-8,11,14-15,17-18,23H,6,9-10,12-13,16H2,1-5H3,(H,30,36). The number of nitrogens with one attached hydrogen (secondary N) is 1. The van der Waals surface area contributed by atoms with E-state index in [-0.39, 0.29) is 17.9 Å². The number of likely N-dealkylation sites (tertiary alicyclic amines) is 1. The summed E-state index contributed by atoms with van der Waals surface area (Å²) >= 11 is 0. The first-order valence-corrected chi connectivity index (χ1v) is 13.1. The van der Waals surface area contributed by atoms with Crippen molar-refractivity contribution in [3.63, 3.8) is 0 Å². The van der Waals surface area contributed by atoms with Crippen molar-refractivity contribution in [2.24, 2.45) is 0 Å². The number of piperidine rings is 1. The molecule has 1 saturated heterocycles. The molecule has 0 aliphatic carbocycles. The van der Waals surface area contributed by atoms with Gasteiger partial charge in [-0.2, -0.15) is 5.10 Å². The number of carbonyl (C=O) groups is 2. The number of pyridine rings is 1. The Morgan fingerprint density at radius 3 is 2.62 bits per heavy atom. The highest BCUT2D eigenvalue weighted by atomic mass is 16.2. The summed E-state index contributed by atoms with van der Waals surface area (Å²) in [5.74, 6) is -0.0290. The third kappa shape index (κ3) is 4.50. The van der Waals surface area contributed by atoms with E-state index in [0.29, 0.717) is 17.7 Å². The van der Waals surface area contributed by atoms with Crippen LogP contribution >= 0.6 is 0 Å². The van der Waals surface area contributed by atoms with Crippen molar-refractivity contribution >= 4 is 22.8 Å². The van der Waals surface area contributed by atoms with Crippen LogP contribution in [0, 0.1) is 13.8 Å². The van der Waals surface area contributed by atoms with E-state index in [2.05, 4.69) is 34.4 Å². The van der Waals surface area contributed by atoms with Crippen LogP contribution in [0.2, 0.25) is 0 Å². The van der Waals surface area contributed by atoms with Crippen molar-refractivity contribution in [3.8, 4) is 0 Å². The molecule has 5 heterocycles. The molecule has 4 aromatic heterocycles. The van der Waals surface area contributed by atoms with Gasteiger partial charge in [0.05, 0.1) is 11.1 Å². The molecule has 1 N–H and O–H groups in total. The lowest BCUT2D eigenvalue weighted by Crippen LogP contribution is -2.45. The number of fused-ring (bicyclic) bond motifs is 2. The molecule has 5 rings (SSSR count). The molecule has 0 saturated carbocycles. The lowest BCUT2D eigenvalue weighted by molar-refractivity contribution is 0.0646. The van der Waals surface area contributed by atoms with Crippen LogP contribution < -0.4 is 5.32 Å². The van der Waals surface area contributed by atoms with E-state index in [1.165, 1.54) is 0 Å². The summed E-state index contributed by atoms with van der Waals surface area (Å²) in [6, 6.07) is 8.51. The van der Waals surface area contributed by atoms with Gasteiger partial charge in [-0.1, -0.05) is 6.92 Å². The van der Waals surface area contributed by atoms with E-state index in [0.717, 1.165) is 65.8 Å². The molecular formula is C29H36N6O2. The first kappa shape index (κ1) is 25.0. The maximum Gasteiger partial charge on any atom is 0.268 e. The summed E-state index contributed by atoms with van der Waals surface area (Å²) in [6.07, 6.45) is 8.35. The average Bonchev–Trinajstić information content (AvgIpc) is 3.43. The van der Waals surface area contributed by atoms with Gasteiger partial charge < -0.3 is 19.5 Å². The summed E-state index contributed by atoms with van der Waals surface area (Å²) in [5, 5.41) is 7.25. The Hall–Kier alpha value is -3.65. The number of carbonyl (C=O) groups excluding carboxylic acids is 2. The van der Waals surface area contributed by atoms with Gasteiger partial charge in [-0.25, -0.2) is 4.52 Å². The van der Waals surface area contributed by atoms with Gasteiger partial charge in [0.1, 0.15) is 5.69 Å². The second kappa shape index (κ2) is 10.0. The molecule has 8 nitrogen and oxygen atoms in total. The maximum atomic E-state index is 13.6. The fourth-order valence-corrected chi connectivity index (χ4v) is 5.77. The number of aromatic nitrogens is 3. The highest BCUT2D eigenvalue weighted by molar-refractivity contribution is 5.98. The monoisotopic (exact) mass is 500 g/mol. The Labute approximate surface area is 217 Å². The zero-order valence-corrected chi connectivity index (χ0v) is 22.4. The summed E-state index contributed by atoms with van der Waals surface area (Å²) < 4.78 is 3.77. The zero-order chi connectivity index (χ0) is 26.3. The van der Waals surface area contributed by atoms with Crippen LogP contribution in [0.4, 0.5) is 0 Å². The Bertz CT molecular complexity index is 1470. The van der Waals surface area contributed by atoms with Crippen molar-refractivity contribution in [2.45, 2.75) is 46.1 Å². The van der Waals surface area contributed by atoms with Crippen molar-refractivity contribution in [2.75, 3.05) is 33.7 Å². The molecule has 4 aromatic rings. The molecule has 0 unspecified atom stereocenters. The summed E-state index contributed by atoms with van der Waals surface area (Å²) in [6.45, 7) is 9.31. The largest absolute Gasteiger partial charge is 0.354 e. The van der Waals surface area contributed by atoms with Crippen molar-refractivity contribution in [3.05, 3.63) is 76.4 Å². The summed E-state index contributed by atoms with van der Waals surface area (Å²) in [4.78, 5) is 30.3.